The SMILES string of the molecule is N#Cc1ccc(OCCSc2nc(N)cc(N)n2)cc1. The molecular weight excluding hydrogens is 274 g/mol. The lowest BCUT2D eigenvalue weighted by Crippen LogP contribution is -2.03. The molecule has 6 nitrogen and oxygen atoms in total. The Morgan fingerprint density at radius 3 is 2.40 bits per heavy atom. The van der Waals surface area contributed by atoms with Gasteiger partial charge in [-0.15, -0.1) is 0 Å². The average Bonchev–Trinajstić information content (AvgIpc) is 2.43. The lowest BCUT2D eigenvalue weighted by atomic mass is 10.2. The number of hydrogen-bond acceptors (Lipinski definition) is 7. The molecule has 0 atom stereocenters. The van der Waals surface area contributed by atoms with Crippen LogP contribution in [0, 0.1) is 11.3 Å². The second-order valence-corrected chi connectivity index (χ2v) is 4.90. The molecular formula is C13H13N5OS. The predicted molar refractivity (Wildman–Crippen MR) is 78.2 cm³/mol. The van der Waals surface area contributed by atoms with Crippen molar-refractivity contribution in [2.45, 2.75) is 5.16 Å². The van der Waals surface area contributed by atoms with Gasteiger partial charge in [0.2, 0.25) is 0 Å². The molecule has 20 heavy (non-hydrogen) atoms. The van der Waals surface area contributed by atoms with E-state index in [0.29, 0.717) is 34.7 Å². The maximum Gasteiger partial charge on any atom is 0.191 e. The number of nitriles is 1. The molecule has 0 saturated carbocycles. The normalized spacial score (nSPS) is 9.95. The van der Waals surface area contributed by atoms with Crippen LogP contribution in [0.3, 0.4) is 0 Å². The topological polar surface area (TPSA) is 111 Å². The quantitative estimate of drug-likeness (QED) is 0.489. The summed E-state index contributed by atoms with van der Waals surface area (Å²) in [5.74, 6) is 2.10. The minimum atomic E-state index is 0.355. The molecule has 2 aromatic rings. The number of nitrogens with zero attached hydrogens (tertiary/aromatic N) is 3. The highest BCUT2D eigenvalue weighted by Crippen LogP contribution is 2.17. The summed E-state index contributed by atoms with van der Waals surface area (Å²) in [5.41, 5.74) is 11.8. The zero-order valence-corrected chi connectivity index (χ0v) is 11.4. The fourth-order valence-corrected chi connectivity index (χ4v) is 2.13. The highest BCUT2D eigenvalue weighted by Gasteiger charge is 2.02. The van der Waals surface area contributed by atoms with Gasteiger partial charge < -0.3 is 16.2 Å². The van der Waals surface area contributed by atoms with Crippen LogP contribution >= 0.6 is 11.8 Å². The predicted octanol–water partition coefficient (Wildman–Crippen LogP) is 1.68. The first-order valence-corrected chi connectivity index (χ1v) is 6.82. The highest BCUT2D eigenvalue weighted by molar-refractivity contribution is 7.99. The minimum absolute atomic E-state index is 0.355. The molecule has 7 heteroatoms. The van der Waals surface area contributed by atoms with Crippen molar-refractivity contribution < 1.29 is 4.74 Å². The van der Waals surface area contributed by atoms with Crippen LogP contribution in [0.2, 0.25) is 0 Å². The van der Waals surface area contributed by atoms with Crippen molar-refractivity contribution in [1.29, 1.82) is 5.26 Å². The first-order chi connectivity index (χ1) is 9.67. The molecule has 1 aromatic heterocycles. The summed E-state index contributed by atoms with van der Waals surface area (Å²) >= 11 is 1.42. The Morgan fingerprint density at radius 2 is 1.80 bits per heavy atom. The summed E-state index contributed by atoms with van der Waals surface area (Å²) in [6.45, 7) is 0.495. The second kappa shape index (κ2) is 6.63. The molecule has 0 aliphatic rings. The van der Waals surface area contributed by atoms with Crippen LogP contribution in [0.15, 0.2) is 35.5 Å². The van der Waals surface area contributed by atoms with E-state index in [-0.39, 0.29) is 0 Å². The van der Waals surface area contributed by atoms with Gasteiger partial charge in [0.05, 0.1) is 18.2 Å². The summed E-state index contributed by atoms with van der Waals surface area (Å²) in [6.07, 6.45) is 0. The molecule has 0 amide bonds. The van der Waals surface area contributed by atoms with Gasteiger partial charge in [-0.05, 0) is 24.3 Å². The first kappa shape index (κ1) is 14.0. The standard InChI is InChI=1S/C13H13N5OS/c14-8-9-1-3-10(4-2-9)19-5-6-20-13-17-11(15)7-12(16)18-13/h1-4,7H,5-6H2,(H4,15,16,17,18). The molecule has 0 saturated heterocycles. The van der Waals surface area contributed by atoms with E-state index in [1.165, 1.54) is 17.8 Å². The fraction of sp³-hybridized carbons (Fsp3) is 0.154. The van der Waals surface area contributed by atoms with Gasteiger partial charge in [0.25, 0.3) is 0 Å². The van der Waals surface area contributed by atoms with Crippen molar-refractivity contribution in [3.63, 3.8) is 0 Å². The monoisotopic (exact) mass is 287 g/mol. The van der Waals surface area contributed by atoms with Crippen molar-refractivity contribution >= 4 is 23.4 Å². The maximum atomic E-state index is 8.68. The van der Waals surface area contributed by atoms with Gasteiger partial charge in [0, 0.05) is 11.8 Å². The molecule has 1 heterocycles. The third-order valence-corrected chi connectivity index (χ3v) is 3.12. The van der Waals surface area contributed by atoms with E-state index in [2.05, 4.69) is 16.0 Å². The molecule has 4 N–H and O–H groups in total. The zero-order chi connectivity index (χ0) is 14.4. The van der Waals surface area contributed by atoms with E-state index in [1.807, 2.05) is 0 Å². The molecule has 0 aliphatic carbocycles. The van der Waals surface area contributed by atoms with Crippen molar-refractivity contribution in [2.24, 2.45) is 0 Å². The summed E-state index contributed by atoms with van der Waals surface area (Å²) < 4.78 is 5.54. The molecule has 102 valence electrons. The number of nitrogens with two attached hydrogens (primary N) is 2. The van der Waals surface area contributed by atoms with Crippen LogP contribution in [0.4, 0.5) is 11.6 Å². The lowest BCUT2D eigenvalue weighted by molar-refractivity contribution is 0.344. The van der Waals surface area contributed by atoms with Crippen molar-refractivity contribution in [2.75, 3.05) is 23.8 Å². The number of hydrogen-bond donors (Lipinski definition) is 2. The highest BCUT2D eigenvalue weighted by atomic mass is 32.2. The average molecular weight is 287 g/mol. The molecule has 0 fully saturated rings. The Morgan fingerprint density at radius 1 is 1.15 bits per heavy atom. The molecule has 0 unspecified atom stereocenters. The minimum Gasteiger partial charge on any atom is -0.493 e. The van der Waals surface area contributed by atoms with Gasteiger partial charge in [-0.3, -0.25) is 0 Å². The zero-order valence-electron chi connectivity index (χ0n) is 10.6. The van der Waals surface area contributed by atoms with Gasteiger partial charge in [0.15, 0.2) is 5.16 Å². The third kappa shape index (κ3) is 4.03. The fourth-order valence-electron chi connectivity index (χ4n) is 1.44. The van der Waals surface area contributed by atoms with Gasteiger partial charge in [0.1, 0.15) is 17.4 Å². The Bertz CT molecular complexity index is 603. The third-order valence-electron chi connectivity index (χ3n) is 2.31. The van der Waals surface area contributed by atoms with Crippen LogP contribution in [-0.2, 0) is 0 Å². The second-order valence-electron chi connectivity index (χ2n) is 3.83. The molecule has 0 bridgehead atoms. The van der Waals surface area contributed by atoms with E-state index < -0.39 is 0 Å². The Labute approximate surface area is 120 Å². The maximum absolute atomic E-state index is 8.68. The smallest absolute Gasteiger partial charge is 0.191 e. The molecule has 0 aliphatic heterocycles. The molecule has 2 rings (SSSR count). The van der Waals surface area contributed by atoms with Crippen LogP contribution in [-0.4, -0.2) is 22.3 Å². The number of nitrogen functional groups attached to an aromatic ring is 2. The van der Waals surface area contributed by atoms with Crippen molar-refractivity contribution in [1.82, 2.24) is 9.97 Å². The summed E-state index contributed by atoms with van der Waals surface area (Å²) in [6, 6.07) is 10.5. The number of benzene rings is 1. The molecule has 0 spiro atoms. The number of rotatable bonds is 5. The van der Waals surface area contributed by atoms with Gasteiger partial charge >= 0.3 is 0 Å². The Kier molecular flexibility index (Phi) is 4.63. The van der Waals surface area contributed by atoms with Gasteiger partial charge in [-0.2, -0.15) is 5.26 Å². The van der Waals surface area contributed by atoms with E-state index in [1.54, 1.807) is 24.3 Å². The summed E-state index contributed by atoms with van der Waals surface area (Å²) in [7, 11) is 0. The van der Waals surface area contributed by atoms with E-state index in [9.17, 15) is 0 Å². The molecule has 1 aromatic carbocycles. The Hall–Kier alpha value is -2.46. The van der Waals surface area contributed by atoms with Crippen LogP contribution < -0.4 is 16.2 Å². The largest absolute Gasteiger partial charge is 0.493 e. The van der Waals surface area contributed by atoms with Gasteiger partial charge in [-0.1, -0.05) is 11.8 Å². The van der Waals surface area contributed by atoms with E-state index in [0.717, 1.165) is 5.75 Å². The first-order valence-electron chi connectivity index (χ1n) is 5.83. The Balaban J connectivity index is 1.79. The van der Waals surface area contributed by atoms with Crippen LogP contribution in [0.25, 0.3) is 0 Å². The number of thioether (sulfide) groups is 1. The van der Waals surface area contributed by atoms with Crippen molar-refractivity contribution in [3.05, 3.63) is 35.9 Å². The van der Waals surface area contributed by atoms with Crippen LogP contribution in [0.1, 0.15) is 5.56 Å². The number of anilines is 2. The van der Waals surface area contributed by atoms with Gasteiger partial charge in [-0.25, -0.2) is 9.97 Å². The molecule has 0 radical (unpaired) electrons. The summed E-state index contributed by atoms with van der Waals surface area (Å²) in [4.78, 5) is 8.12. The van der Waals surface area contributed by atoms with E-state index in [4.69, 9.17) is 21.5 Å². The number of aromatic nitrogens is 2. The van der Waals surface area contributed by atoms with Crippen molar-refractivity contribution in [3.8, 4) is 11.8 Å². The lowest BCUT2D eigenvalue weighted by Gasteiger charge is -2.06. The van der Waals surface area contributed by atoms with E-state index >= 15 is 0 Å². The number of ether oxygens (including phenoxy) is 1. The van der Waals surface area contributed by atoms with Crippen LogP contribution in [0.5, 0.6) is 5.75 Å². The summed E-state index contributed by atoms with van der Waals surface area (Å²) in [5, 5.41) is 9.22.